The lowest BCUT2D eigenvalue weighted by Gasteiger charge is -2.20. The number of hydrogen-bond donors (Lipinski definition) is 1. The second-order valence-electron chi connectivity index (χ2n) is 4.53. The van der Waals surface area contributed by atoms with Gasteiger partial charge in [0, 0.05) is 5.38 Å². The van der Waals surface area contributed by atoms with Crippen molar-refractivity contribution < 1.29 is 14.7 Å². The van der Waals surface area contributed by atoms with E-state index in [0.717, 1.165) is 0 Å². The molecule has 2 amide bonds. The minimum Gasteiger partial charge on any atom is -0.389 e. The Morgan fingerprint density at radius 3 is 2.35 bits per heavy atom. The molecular formula is C14H12N2O3S. The second-order valence-corrected chi connectivity index (χ2v) is 5.47. The van der Waals surface area contributed by atoms with Crippen LogP contribution >= 0.6 is 11.3 Å². The number of fused-ring (bicyclic) bond motifs is 1. The van der Waals surface area contributed by atoms with E-state index < -0.39 is 6.04 Å². The average Bonchev–Trinajstić information content (AvgIpc) is 3.04. The first-order valence-corrected chi connectivity index (χ1v) is 7.03. The Hall–Kier alpha value is -2.05. The van der Waals surface area contributed by atoms with Crippen LogP contribution in [0.15, 0.2) is 29.6 Å². The van der Waals surface area contributed by atoms with E-state index in [9.17, 15) is 9.59 Å². The number of hydrogen-bond acceptors (Lipinski definition) is 5. The van der Waals surface area contributed by atoms with Gasteiger partial charge in [-0.05, 0) is 19.1 Å². The summed E-state index contributed by atoms with van der Waals surface area (Å²) in [5, 5.41) is 11.4. The second kappa shape index (κ2) is 4.81. The van der Waals surface area contributed by atoms with Crippen LogP contribution in [0.25, 0.3) is 0 Å². The van der Waals surface area contributed by atoms with Gasteiger partial charge in [-0.25, -0.2) is 4.98 Å². The first-order chi connectivity index (χ1) is 9.63. The average molecular weight is 288 g/mol. The van der Waals surface area contributed by atoms with Gasteiger partial charge in [-0.15, -0.1) is 11.3 Å². The molecule has 1 aliphatic rings. The molecule has 20 heavy (non-hydrogen) atoms. The van der Waals surface area contributed by atoms with Crippen LogP contribution in [0.4, 0.5) is 0 Å². The molecule has 1 aromatic carbocycles. The maximum absolute atomic E-state index is 12.3. The highest BCUT2D eigenvalue weighted by Crippen LogP contribution is 2.31. The van der Waals surface area contributed by atoms with Gasteiger partial charge in [-0.1, -0.05) is 12.1 Å². The van der Waals surface area contributed by atoms with E-state index in [-0.39, 0.29) is 18.4 Å². The summed E-state index contributed by atoms with van der Waals surface area (Å²) in [6.07, 6.45) is 0. The Morgan fingerprint density at radius 2 is 1.85 bits per heavy atom. The van der Waals surface area contributed by atoms with Crippen molar-refractivity contribution in [3.8, 4) is 0 Å². The Morgan fingerprint density at radius 1 is 1.25 bits per heavy atom. The van der Waals surface area contributed by atoms with Crippen LogP contribution in [0, 0.1) is 0 Å². The van der Waals surface area contributed by atoms with Gasteiger partial charge in [0.2, 0.25) is 0 Å². The zero-order valence-corrected chi connectivity index (χ0v) is 11.6. The van der Waals surface area contributed by atoms with Crippen LogP contribution in [0.5, 0.6) is 0 Å². The molecule has 1 aromatic heterocycles. The highest BCUT2D eigenvalue weighted by atomic mass is 32.1. The monoisotopic (exact) mass is 288 g/mol. The minimum absolute atomic E-state index is 0.139. The topological polar surface area (TPSA) is 70.5 Å². The van der Waals surface area contributed by atoms with Crippen LogP contribution in [-0.4, -0.2) is 26.8 Å². The van der Waals surface area contributed by atoms with Crippen LogP contribution < -0.4 is 0 Å². The normalized spacial score (nSPS) is 15.6. The van der Waals surface area contributed by atoms with Gasteiger partial charge in [-0.3, -0.25) is 14.5 Å². The van der Waals surface area contributed by atoms with E-state index in [1.54, 1.807) is 36.6 Å². The van der Waals surface area contributed by atoms with Gasteiger partial charge >= 0.3 is 0 Å². The molecule has 3 rings (SSSR count). The number of amides is 2. The summed E-state index contributed by atoms with van der Waals surface area (Å²) >= 11 is 1.31. The maximum atomic E-state index is 12.3. The quantitative estimate of drug-likeness (QED) is 0.877. The summed E-state index contributed by atoms with van der Waals surface area (Å²) in [7, 11) is 0. The predicted molar refractivity (Wildman–Crippen MR) is 73.4 cm³/mol. The number of benzene rings is 1. The third-order valence-electron chi connectivity index (χ3n) is 3.35. The van der Waals surface area contributed by atoms with Gasteiger partial charge < -0.3 is 5.11 Å². The van der Waals surface area contributed by atoms with Crippen LogP contribution in [0.2, 0.25) is 0 Å². The molecule has 1 unspecified atom stereocenters. The molecular weight excluding hydrogens is 276 g/mol. The Kier molecular flexibility index (Phi) is 3.11. The zero-order chi connectivity index (χ0) is 14.3. The van der Waals surface area contributed by atoms with Gasteiger partial charge in [-0.2, -0.15) is 0 Å². The molecule has 0 saturated heterocycles. The van der Waals surface area contributed by atoms with Crippen molar-refractivity contribution in [3.63, 3.8) is 0 Å². The van der Waals surface area contributed by atoms with E-state index in [0.29, 0.717) is 21.8 Å². The highest BCUT2D eigenvalue weighted by Gasteiger charge is 2.39. The molecule has 1 N–H and O–H groups in total. The number of carbonyl (C=O) groups is 2. The third-order valence-corrected chi connectivity index (χ3v) is 4.20. The van der Waals surface area contributed by atoms with E-state index in [1.165, 1.54) is 16.2 Å². The smallest absolute Gasteiger partial charge is 0.262 e. The van der Waals surface area contributed by atoms with Crippen molar-refractivity contribution in [1.82, 2.24) is 9.88 Å². The molecule has 5 nitrogen and oxygen atoms in total. The number of aromatic nitrogens is 1. The number of rotatable bonds is 3. The SMILES string of the molecule is CC(c1csc(CO)n1)N1C(=O)c2ccccc2C1=O. The fraction of sp³-hybridized carbons (Fsp3) is 0.214. The van der Waals surface area contributed by atoms with E-state index >= 15 is 0 Å². The largest absolute Gasteiger partial charge is 0.389 e. The van der Waals surface area contributed by atoms with E-state index in [2.05, 4.69) is 4.98 Å². The summed E-state index contributed by atoms with van der Waals surface area (Å²) in [5.41, 5.74) is 1.48. The molecule has 1 atom stereocenters. The van der Waals surface area contributed by atoms with E-state index in [1.807, 2.05) is 0 Å². The molecule has 2 aromatic rings. The van der Waals surface area contributed by atoms with Crippen molar-refractivity contribution in [2.75, 3.05) is 0 Å². The van der Waals surface area contributed by atoms with Crippen molar-refractivity contribution in [1.29, 1.82) is 0 Å². The molecule has 0 aliphatic carbocycles. The van der Waals surface area contributed by atoms with Crippen molar-refractivity contribution in [2.24, 2.45) is 0 Å². The highest BCUT2D eigenvalue weighted by molar-refractivity contribution is 7.09. The lowest BCUT2D eigenvalue weighted by molar-refractivity contribution is 0.0592. The zero-order valence-electron chi connectivity index (χ0n) is 10.7. The summed E-state index contributed by atoms with van der Waals surface area (Å²) in [4.78, 5) is 30.1. The lowest BCUT2D eigenvalue weighted by atomic mass is 10.1. The molecule has 6 heteroatoms. The molecule has 0 saturated carbocycles. The van der Waals surface area contributed by atoms with Crippen molar-refractivity contribution in [2.45, 2.75) is 19.6 Å². The molecule has 0 radical (unpaired) electrons. The molecule has 0 bridgehead atoms. The standard InChI is InChI=1S/C14H12N2O3S/c1-8(11-7-20-12(6-17)15-11)16-13(18)9-4-2-3-5-10(9)14(16)19/h2-5,7-8,17H,6H2,1H3. The predicted octanol–water partition coefficient (Wildman–Crippen LogP) is 1.99. The van der Waals surface area contributed by atoms with Crippen LogP contribution in [-0.2, 0) is 6.61 Å². The molecule has 1 aliphatic heterocycles. The lowest BCUT2D eigenvalue weighted by Crippen LogP contribution is -2.32. The molecule has 102 valence electrons. The van der Waals surface area contributed by atoms with Gasteiger partial charge in [0.05, 0.1) is 29.5 Å². The summed E-state index contributed by atoms with van der Waals surface area (Å²) < 4.78 is 0. The number of aliphatic hydroxyl groups is 1. The fourth-order valence-corrected chi connectivity index (χ4v) is 3.02. The molecule has 0 spiro atoms. The molecule has 2 heterocycles. The van der Waals surface area contributed by atoms with Crippen LogP contribution in [0.1, 0.15) is 44.4 Å². The summed E-state index contributed by atoms with van der Waals surface area (Å²) in [6, 6.07) is 6.35. The number of imide groups is 1. The van der Waals surface area contributed by atoms with E-state index in [4.69, 9.17) is 5.11 Å². The molecule has 0 fully saturated rings. The summed E-state index contributed by atoms with van der Waals surface area (Å²) in [6.45, 7) is 1.62. The van der Waals surface area contributed by atoms with Gasteiger partial charge in [0.15, 0.2) is 0 Å². The number of thiazole rings is 1. The Bertz CT molecular complexity index is 660. The summed E-state index contributed by atoms with van der Waals surface area (Å²) in [5.74, 6) is -0.590. The minimum atomic E-state index is -0.445. The first kappa shape index (κ1) is 13.0. The number of nitrogens with zero attached hydrogens (tertiary/aromatic N) is 2. The Balaban J connectivity index is 1.96. The van der Waals surface area contributed by atoms with Crippen LogP contribution in [0.3, 0.4) is 0 Å². The number of aliphatic hydroxyl groups excluding tert-OH is 1. The van der Waals surface area contributed by atoms with Gasteiger partial charge in [0.25, 0.3) is 11.8 Å². The number of carbonyl (C=O) groups excluding carboxylic acids is 2. The Labute approximate surface area is 119 Å². The van der Waals surface area contributed by atoms with Crippen molar-refractivity contribution >= 4 is 23.2 Å². The third kappa shape index (κ3) is 1.85. The van der Waals surface area contributed by atoms with Crippen molar-refractivity contribution in [3.05, 3.63) is 51.5 Å². The maximum Gasteiger partial charge on any atom is 0.262 e. The first-order valence-electron chi connectivity index (χ1n) is 6.15. The van der Waals surface area contributed by atoms with Gasteiger partial charge in [0.1, 0.15) is 5.01 Å². The fourth-order valence-electron chi connectivity index (χ4n) is 2.28.